The molecule has 0 saturated heterocycles. The monoisotopic (exact) mass is 290 g/mol. The van der Waals surface area contributed by atoms with Crippen molar-refractivity contribution in [1.82, 2.24) is 4.98 Å². The Morgan fingerprint density at radius 2 is 1.88 bits per heavy atom. The summed E-state index contributed by atoms with van der Waals surface area (Å²) in [4.78, 5) is 4.43. The van der Waals surface area contributed by atoms with E-state index in [1.165, 1.54) is 5.56 Å². The number of aryl methyl sites for hydroxylation is 2. The smallest absolute Gasteiger partial charge is 0.0606 e. The minimum absolute atomic E-state index is 0.799. The van der Waals surface area contributed by atoms with E-state index in [0.717, 1.165) is 28.1 Å². The molecule has 1 aromatic carbocycles. The van der Waals surface area contributed by atoms with Crippen LogP contribution in [0.5, 0.6) is 0 Å². The molecule has 0 aliphatic rings. The highest BCUT2D eigenvalue weighted by Gasteiger charge is 2.01. The molecule has 2 nitrogen and oxygen atoms in total. The standard InChI is InChI=1S/C14H15BrN2/c1-10-7-8-14(11(2)17-10)16-9-12-5-3-4-6-13(12)15/h3-8,16H,9H2,1-2H3. The Morgan fingerprint density at radius 3 is 2.59 bits per heavy atom. The average Bonchev–Trinajstić information content (AvgIpc) is 2.30. The van der Waals surface area contributed by atoms with Crippen LogP contribution in [0.2, 0.25) is 0 Å². The Balaban J connectivity index is 2.10. The van der Waals surface area contributed by atoms with Gasteiger partial charge < -0.3 is 5.32 Å². The molecule has 0 spiro atoms. The van der Waals surface area contributed by atoms with Crippen LogP contribution in [0.15, 0.2) is 40.9 Å². The van der Waals surface area contributed by atoms with E-state index in [0.29, 0.717) is 0 Å². The van der Waals surface area contributed by atoms with Gasteiger partial charge >= 0.3 is 0 Å². The lowest BCUT2D eigenvalue weighted by atomic mass is 10.2. The second kappa shape index (κ2) is 5.32. The Morgan fingerprint density at radius 1 is 1.12 bits per heavy atom. The summed E-state index contributed by atoms with van der Waals surface area (Å²) in [6.07, 6.45) is 0. The average molecular weight is 291 g/mol. The Hall–Kier alpha value is -1.35. The van der Waals surface area contributed by atoms with Crippen LogP contribution in [0.1, 0.15) is 17.0 Å². The maximum atomic E-state index is 4.43. The molecule has 0 fully saturated rings. The van der Waals surface area contributed by atoms with Gasteiger partial charge in [-0.2, -0.15) is 0 Å². The van der Waals surface area contributed by atoms with Crippen LogP contribution in [0.4, 0.5) is 5.69 Å². The third kappa shape index (κ3) is 3.07. The number of anilines is 1. The number of rotatable bonds is 3. The summed E-state index contributed by atoms with van der Waals surface area (Å²) in [5.74, 6) is 0. The summed E-state index contributed by atoms with van der Waals surface area (Å²) in [6, 6.07) is 12.3. The molecule has 3 heteroatoms. The van der Waals surface area contributed by atoms with Gasteiger partial charge in [-0.15, -0.1) is 0 Å². The lowest BCUT2D eigenvalue weighted by Gasteiger charge is -2.10. The summed E-state index contributed by atoms with van der Waals surface area (Å²) in [5.41, 5.74) is 4.42. The van der Waals surface area contributed by atoms with Crippen molar-refractivity contribution in [2.45, 2.75) is 20.4 Å². The molecule has 0 saturated carbocycles. The fourth-order valence-electron chi connectivity index (χ4n) is 1.71. The van der Waals surface area contributed by atoms with Crippen LogP contribution in [-0.4, -0.2) is 4.98 Å². The summed E-state index contributed by atoms with van der Waals surface area (Å²) in [5, 5.41) is 3.40. The van der Waals surface area contributed by atoms with Crippen molar-refractivity contribution in [3.63, 3.8) is 0 Å². The van der Waals surface area contributed by atoms with Crippen molar-refractivity contribution in [2.75, 3.05) is 5.32 Å². The number of nitrogens with one attached hydrogen (secondary N) is 1. The minimum atomic E-state index is 0.799. The minimum Gasteiger partial charge on any atom is -0.379 e. The molecule has 1 N–H and O–H groups in total. The third-order valence-corrected chi connectivity index (χ3v) is 3.43. The van der Waals surface area contributed by atoms with Gasteiger partial charge in [0.25, 0.3) is 0 Å². The zero-order valence-corrected chi connectivity index (χ0v) is 11.6. The van der Waals surface area contributed by atoms with E-state index in [-0.39, 0.29) is 0 Å². The molecule has 0 atom stereocenters. The van der Waals surface area contributed by atoms with Gasteiger partial charge in [0, 0.05) is 16.7 Å². The van der Waals surface area contributed by atoms with Gasteiger partial charge in [-0.05, 0) is 37.6 Å². The summed E-state index contributed by atoms with van der Waals surface area (Å²) in [6.45, 7) is 4.83. The molecule has 0 amide bonds. The fourth-order valence-corrected chi connectivity index (χ4v) is 2.13. The summed E-state index contributed by atoms with van der Waals surface area (Å²) < 4.78 is 1.13. The predicted octanol–water partition coefficient (Wildman–Crippen LogP) is 4.07. The summed E-state index contributed by atoms with van der Waals surface area (Å²) in [7, 11) is 0. The van der Waals surface area contributed by atoms with Crippen LogP contribution in [0.25, 0.3) is 0 Å². The van der Waals surface area contributed by atoms with E-state index in [1.54, 1.807) is 0 Å². The molecule has 1 heterocycles. The zero-order chi connectivity index (χ0) is 12.3. The fraction of sp³-hybridized carbons (Fsp3) is 0.214. The number of halogens is 1. The molecule has 17 heavy (non-hydrogen) atoms. The van der Waals surface area contributed by atoms with Crippen LogP contribution < -0.4 is 5.32 Å². The second-order valence-corrected chi connectivity index (χ2v) is 4.88. The number of pyridine rings is 1. The molecule has 88 valence electrons. The van der Waals surface area contributed by atoms with Crippen LogP contribution in [0.3, 0.4) is 0 Å². The van der Waals surface area contributed by atoms with Crippen molar-refractivity contribution in [3.05, 3.63) is 57.8 Å². The van der Waals surface area contributed by atoms with Gasteiger partial charge in [0.15, 0.2) is 0 Å². The molecule has 1 aromatic heterocycles. The maximum Gasteiger partial charge on any atom is 0.0606 e. The van der Waals surface area contributed by atoms with Gasteiger partial charge in [0.2, 0.25) is 0 Å². The second-order valence-electron chi connectivity index (χ2n) is 4.03. The van der Waals surface area contributed by atoms with Crippen molar-refractivity contribution in [2.24, 2.45) is 0 Å². The van der Waals surface area contributed by atoms with Crippen LogP contribution in [-0.2, 0) is 6.54 Å². The number of hydrogen-bond acceptors (Lipinski definition) is 2. The largest absolute Gasteiger partial charge is 0.379 e. The molecule has 2 aromatic rings. The van der Waals surface area contributed by atoms with Gasteiger partial charge in [0.1, 0.15) is 0 Å². The third-order valence-electron chi connectivity index (χ3n) is 2.65. The van der Waals surface area contributed by atoms with Crippen LogP contribution >= 0.6 is 15.9 Å². The molecule has 0 unspecified atom stereocenters. The number of hydrogen-bond donors (Lipinski definition) is 1. The van der Waals surface area contributed by atoms with Crippen LogP contribution in [0, 0.1) is 13.8 Å². The van der Waals surface area contributed by atoms with Gasteiger partial charge in [-0.25, -0.2) is 0 Å². The Kier molecular flexibility index (Phi) is 3.79. The maximum absolute atomic E-state index is 4.43. The highest BCUT2D eigenvalue weighted by molar-refractivity contribution is 9.10. The number of aromatic nitrogens is 1. The normalized spacial score (nSPS) is 10.3. The van der Waals surface area contributed by atoms with Crippen molar-refractivity contribution in [1.29, 1.82) is 0 Å². The molecule has 0 aliphatic heterocycles. The molecular formula is C14H15BrN2. The van der Waals surface area contributed by atoms with E-state index in [9.17, 15) is 0 Å². The van der Waals surface area contributed by atoms with Crippen molar-refractivity contribution >= 4 is 21.6 Å². The summed E-state index contributed by atoms with van der Waals surface area (Å²) >= 11 is 3.54. The van der Waals surface area contributed by atoms with E-state index in [2.05, 4.69) is 44.4 Å². The predicted molar refractivity (Wildman–Crippen MR) is 75.2 cm³/mol. The molecule has 0 aliphatic carbocycles. The first-order valence-electron chi connectivity index (χ1n) is 5.58. The van der Waals surface area contributed by atoms with E-state index in [1.807, 2.05) is 32.0 Å². The SMILES string of the molecule is Cc1ccc(NCc2ccccc2Br)c(C)n1. The first kappa shape index (κ1) is 12.1. The van der Waals surface area contributed by atoms with E-state index >= 15 is 0 Å². The van der Waals surface area contributed by atoms with Gasteiger partial charge in [-0.3, -0.25) is 4.98 Å². The van der Waals surface area contributed by atoms with Crippen molar-refractivity contribution < 1.29 is 0 Å². The zero-order valence-electron chi connectivity index (χ0n) is 10.00. The van der Waals surface area contributed by atoms with Crippen molar-refractivity contribution in [3.8, 4) is 0 Å². The highest BCUT2D eigenvalue weighted by Crippen LogP contribution is 2.19. The van der Waals surface area contributed by atoms with Gasteiger partial charge in [-0.1, -0.05) is 34.1 Å². The molecule has 0 bridgehead atoms. The Labute approximate surface area is 110 Å². The topological polar surface area (TPSA) is 24.9 Å². The lowest BCUT2D eigenvalue weighted by Crippen LogP contribution is -2.03. The number of nitrogens with zero attached hydrogens (tertiary/aromatic N) is 1. The first-order valence-corrected chi connectivity index (χ1v) is 6.37. The van der Waals surface area contributed by atoms with E-state index < -0.39 is 0 Å². The molecule has 2 rings (SSSR count). The van der Waals surface area contributed by atoms with E-state index in [4.69, 9.17) is 0 Å². The highest BCUT2D eigenvalue weighted by atomic mass is 79.9. The van der Waals surface area contributed by atoms with Gasteiger partial charge in [0.05, 0.1) is 11.4 Å². The first-order chi connectivity index (χ1) is 8.16. The quantitative estimate of drug-likeness (QED) is 0.922. The number of benzene rings is 1. The molecule has 0 radical (unpaired) electrons. The molecular weight excluding hydrogens is 276 g/mol. The lowest BCUT2D eigenvalue weighted by molar-refractivity contribution is 1.07. The Bertz CT molecular complexity index is 523.